The molecule has 4 nitrogen and oxygen atoms in total. The van der Waals surface area contributed by atoms with Gasteiger partial charge in [0, 0.05) is 0 Å². The van der Waals surface area contributed by atoms with E-state index in [4.69, 9.17) is 15.3 Å². The summed E-state index contributed by atoms with van der Waals surface area (Å²) >= 11 is 0. The zero-order valence-electron chi connectivity index (χ0n) is 3.53. The molecule has 0 aromatic heterocycles. The lowest BCUT2D eigenvalue weighted by molar-refractivity contribution is -0.320. The maximum Gasteiger partial charge on any atom is 0.305 e. The predicted molar refractivity (Wildman–Crippen MR) is 19.1 cm³/mol. The highest BCUT2D eigenvalue weighted by molar-refractivity contribution is 4.75. The van der Waals surface area contributed by atoms with Crippen LogP contribution in [-0.2, 0) is 4.74 Å². The summed E-state index contributed by atoms with van der Waals surface area (Å²) in [4.78, 5) is 0. The molecular formula is C3H6O4. The molecule has 1 aliphatic heterocycles. The second-order valence-corrected chi connectivity index (χ2v) is 1.51. The molecule has 1 aliphatic rings. The Morgan fingerprint density at radius 1 is 1.43 bits per heavy atom. The fraction of sp³-hybridized carbons (Fsp3) is 1.00. The van der Waals surface area contributed by atoms with Crippen molar-refractivity contribution >= 4 is 0 Å². The molecule has 1 atom stereocenters. The molecule has 1 fully saturated rings. The Bertz CT molecular complexity index is 69.5. The molecule has 4 heteroatoms. The summed E-state index contributed by atoms with van der Waals surface area (Å²) < 4.78 is 4.32. The Labute approximate surface area is 40.0 Å². The van der Waals surface area contributed by atoms with E-state index in [-0.39, 0.29) is 6.61 Å². The summed E-state index contributed by atoms with van der Waals surface area (Å²) in [7, 11) is 0. The third-order valence-electron chi connectivity index (χ3n) is 0.765. The molecule has 3 N–H and O–H groups in total. The van der Waals surface area contributed by atoms with Crippen molar-refractivity contribution in [3.63, 3.8) is 0 Å². The molecule has 0 aliphatic carbocycles. The molecule has 1 heterocycles. The second kappa shape index (κ2) is 1.16. The molecule has 7 heavy (non-hydrogen) atoms. The smallest absolute Gasteiger partial charge is 0.305 e. The van der Waals surface area contributed by atoms with Gasteiger partial charge in [-0.2, -0.15) is 0 Å². The molecule has 0 bridgehead atoms. The summed E-state index contributed by atoms with van der Waals surface area (Å²) in [5.41, 5.74) is 0. The highest BCUT2D eigenvalue weighted by Crippen LogP contribution is 2.18. The van der Waals surface area contributed by atoms with Gasteiger partial charge >= 0.3 is 5.97 Å². The molecule has 1 unspecified atom stereocenters. The van der Waals surface area contributed by atoms with Gasteiger partial charge in [0.25, 0.3) is 0 Å². The van der Waals surface area contributed by atoms with Gasteiger partial charge in [0.1, 0.15) is 0 Å². The Kier molecular flexibility index (Phi) is 0.829. The van der Waals surface area contributed by atoms with E-state index in [1.165, 1.54) is 0 Å². The zero-order valence-corrected chi connectivity index (χ0v) is 3.53. The molecule has 1 rings (SSSR count). The fourth-order valence-electron chi connectivity index (χ4n) is 0.272. The van der Waals surface area contributed by atoms with Crippen molar-refractivity contribution < 1.29 is 20.1 Å². The molecule has 0 spiro atoms. The van der Waals surface area contributed by atoms with Crippen LogP contribution in [0.1, 0.15) is 0 Å². The van der Waals surface area contributed by atoms with Crippen molar-refractivity contribution in [2.75, 3.05) is 6.61 Å². The number of hydrogen-bond acceptors (Lipinski definition) is 4. The van der Waals surface area contributed by atoms with Crippen LogP contribution < -0.4 is 0 Å². The van der Waals surface area contributed by atoms with Crippen LogP contribution in [0.25, 0.3) is 0 Å². The average Bonchev–Trinajstić information content (AvgIpc) is 1.99. The standard InChI is InChI=1S/C3H6O4/c4-3(5,6)2-1-7-2/h2,4-6H,1H2. The number of rotatable bonds is 1. The summed E-state index contributed by atoms with van der Waals surface area (Å²) in [5, 5.41) is 24.4. The lowest BCUT2D eigenvalue weighted by Crippen LogP contribution is -2.33. The normalized spacial score (nSPS) is 30.4. The van der Waals surface area contributed by atoms with Crippen molar-refractivity contribution in [1.82, 2.24) is 0 Å². The molecular weight excluding hydrogens is 100 g/mol. The molecule has 42 valence electrons. The highest BCUT2D eigenvalue weighted by Gasteiger charge is 2.42. The zero-order chi connectivity index (χ0) is 5.49. The van der Waals surface area contributed by atoms with Crippen LogP contribution in [0.4, 0.5) is 0 Å². The minimum Gasteiger partial charge on any atom is -0.364 e. The topological polar surface area (TPSA) is 73.2 Å². The van der Waals surface area contributed by atoms with E-state index >= 15 is 0 Å². The summed E-state index contributed by atoms with van der Waals surface area (Å²) in [6.07, 6.45) is -0.785. The lowest BCUT2D eigenvalue weighted by Gasteiger charge is -2.07. The minimum absolute atomic E-state index is 0.226. The Balaban J connectivity index is 2.36. The average molecular weight is 106 g/mol. The lowest BCUT2D eigenvalue weighted by atomic mass is 10.4. The van der Waals surface area contributed by atoms with E-state index in [0.717, 1.165) is 0 Å². The van der Waals surface area contributed by atoms with Gasteiger partial charge < -0.3 is 20.1 Å². The van der Waals surface area contributed by atoms with Gasteiger partial charge in [-0.15, -0.1) is 0 Å². The third kappa shape index (κ3) is 1.10. The number of aliphatic hydroxyl groups is 3. The van der Waals surface area contributed by atoms with Gasteiger partial charge in [-0.05, 0) is 0 Å². The van der Waals surface area contributed by atoms with Crippen molar-refractivity contribution in [2.45, 2.75) is 12.1 Å². The second-order valence-electron chi connectivity index (χ2n) is 1.51. The molecule has 1 saturated heterocycles. The first-order valence-electron chi connectivity index (χ1n) is 1.89. The van der Waals surface area contributed by atoms with Crippen LogP contribution in [0.5, 0.6) is 0 Å². The molecule has 0 aromatic carbocycles. The number of ether oxygens (including phenoxy) is 1. The van der Waals surface area contributed by atoms with Gasteiger partial charge in [-0.25, -0.2) is 0 Å². The minimum atomic E-state index is -2.61. The summed E-state index contributed by atoms with van der Waals surface area (Å²) in [5.74, 6) is -2.61. The van der Waals surface area contributed by atoms with Gasteiger partial charge in [0.2, 0.25) is 0 Å². The monoisotopic (exact) mass is 106 g/mol. The maximum absolute atomic E-state index is 8.14. The maximum atomic E-state index is 8.14. The quantitative estimate of drug-likeness (QED) is 0.267. The molecule has 0 radical (unpaired) electrons. The van der Waals surface area contributed by atoms with E-state index in [1.807, 2.05) is 0 Å². The van der Waals surface area contributed by atoms with Crippen LogP contribution in [0, 0.1) is 0 Å². The number of hydrogen-bond donors (Lipinski definition) is 3. The highest BCUT2D eigenvalue weighted by atomic mass is 16.7. The van der Waals surface area contributed by atoms with Gasteiger partial charge in [-0.1, -0.05) is 0 Å². The van der Waals surface area contributed by atoms with Gasteiger partial charge in [-0.3, -0.25) is 0 Å². The largest absolute Gasteiger partial charge is 0.364 e. The molecule has 0 amide bonds. The Morgan fingerprint density at radius 2 is 1.86 bits per heavy atom. The first-order valence-corrected chi connectivity index (χ1v) is 1.89. The van der Waals surface area contributed by atoms with Crippen LogP contribution >= 0.6 is 0 Å². The van der Waals surface area contributed by atoms with Crippen molar-refractivity contribution in [3.8, 4) is 0 Å². The van der Waals surface area contributed by atoms with Crippen molar-refractivity contribution in [1.29, 1.82) is 0 Å². The Morgan fingerprint density at radius 3 is 1.86 bits per heavy atom. The summed E-state index contributed by atoms with van der Waals surface area (Å²) in [6, 6.07) is 0. The Hall–Kier alpha value is -0.160. The molecule has 0 saturated carbocycles. The van der Waals surface area contributed by atoms with Crippen molar-refractivity contribution in [3.05, 3.63) is 0 Å². The van der Waals surface area contributed by atoms with Crippen molar-refractivity contribution in [2.24, 2.45) is 0 Å². The van der Waals surface area contributed by atoms with Crippen LogP contribution in [0.15, 0.2) is 0 Å². The first-order chi connectivity index (χ1) is 3.11. The van der Waals surface area contributed by atoms with E-state index in [0.29, 0.717) is 0 Å². The van der Waals surface area contributed by atoms with Gasteiger partial charge in [0.15, 0.2) is 6.10 Å². The van der Waals surface area contributed by atoms with Crippen LogP contribution in [0.2, 0.25) is 0 Å². The number of epoxide rings is 1. The predicted octanol–water partition coefficient (Wildman–Crippen LogP) is -1.98. The van der Waals surface area contributed by atoms with Gasteiger partial charge in [0.05, 0.1) is 6.61 Å². The summed E-state index contributed by atoms with van der Waals surface area (Å²) in [6.45, 7) is 0.226. The van der Waals surface area contributed by atoms with E-state index < -0.39 is 12.1 Å². The molecule has 0 aromatic rings. The van der Waals surface area contributed by atoms with E-state index in [1.54, 1.807) is 0 Å². The van der Waals surface area contributed by atoms with Crippen LogP contribution in [-0.4, -0.2) is 34.0 Å². The fourth-order valence-corrected chi connectivity index (χ4v) is 0.272. The van der Waals surface area contributed by atoms with Crippen LogP contribution in [0.3, 0.4) is 0 Å². The van der Waals surface area contributed by atoms with E-state index in [9.17, 15) is 0 Å². The van der Waals surface area contributed by atoms with E-state index in [2.05, 4.69) is 4.74 Å². The SMILES string of the molecule is OC(O)(O)C1CO1. The first kappa shape index (κ1) is 4.99. The third-order valence-corrected chi connectivity index (χ3v) is 0.765.